The van der Waals surface area contributed by atoms with Crippen molar-refractivity contribution < 1.29 is 4.74 Å². The van der Waals surface area contributed by atoms with E-state index in [4.69, 9.17) is 16.3 Å². The topological polar surface area (TPSA) is 50.3 Å². The lowest BCUT2D eigenvalue weighted by Crippen LogP contribution is -2.42. The molecule has 0 amide bonds. The second kappa shape index (κ2) is 7.76. The SMILES string of the molecule is CCOCc1nc(Cl)cc(NC2CCCN(CC)C2)n1. The molecule has 1 aromatic heterocycles. The van der Waals surface area contributed by atoms with Gasteiger partial charge in [-0.25, -0.2) is 9.97 Å². The number of piperidine rings is 1. The first-order chi connectivity index (χ1) is 9.71. The van der Waals surface area contributed by atoms with Crippen LogP contribution in [0.3, 0.4) is 0 Å². The Morgan fingerprint density at radius 2 is 2.30 bits per heavy atom. The average molecular weight is 299 g/mol. The van der Waals surface area contributed by atoms with Gasteiger partial charge in [-0.3, -0.25) is 0 Å². The molecule has 2 heterocycles. The molecule has 0 spiro atoms. The van der Waals surface area contributed by atoms with Crippen LogP contribution in [0.4, 0.5) is 5.82 Å². The van der Waals surface area contributed by atoms with Gasteiger partial charge in [0.2, 0.25) is 0 Å². The van der Waals surface area contributed by atoms with E-state index in [1.165, 1.54) is 19.4 Å². The van der Waals surface area contributed by atoms with Crippen LogP contribution in [0.15, 0.2) is 6.07 Å². The van der Waals surface area contributed by atoms with Crippen molar-refractivity contribution in [1.29, 1.82) is 0 Å². The van der Waals surface area contributed by atoms with Crippen molar-refractivity contribution in [2.45, 2.75) is 39.3 Å². The number of nitrogens with zero attached hydrogens (tertiary/aromatic N) is 3. The summed E-state index contributed by atoms with van der Waals surface area (Å²) in [4.78, 5) is 11.1. The first-order valence-corrected chi connectivity index (χ1v) is 7.69. The number of hydrogen-bond donors (Lipinski definition) is 1. The minimum Gasteiger partial charge on any atom is -0.374 e. The predicted octanol–water partition coefficient (Wildman–Crippen LogP) is 2.56. The normalized spacial score (nSPS) is 20.1. The number of halogens is 1. The fourth-order valence-corrected chi connectivity index (χ4v) is 2.67. The summed E-state index contributed by atoms with van der Waals surface area (Å²) >= 11 is 6.05. The number of rotatable bonds is 6. The second-order valence-corrected chi connectivity index (χ2v) is 5.39. The fourth-order valence-electron chi connectivity index (χ4n) is 2.47. The Labute approximate surface area is 125 Å². The zero-order valence-electron chi connectivity index (χ0n) is 12.2. The third-order valence-electron chi connectivity index (χ3n) is 3.48. The molecular formula is C14H23ClN4O. The van der Waals surface area contributed by atoms with Gasteiger partial charge in [0, 0.05) is 25.3 Å². The smallest absolute Gasteiger partial charge is 0.158 e. The summed E-state index contributed by atoms with van der Waals surface area (Å²) in [6.45, 7) is 8.53. The third-order valence-corrected chi connectivity index (χ3v) is 3.67. The molecule has 0 aromatic carbocycles. The Morgan fingerprint density at radius 3 is 3.05 bits per heavy atom. The quantitative estimate of drug-likeness (QED) is 0.818. The fraction of sp³-hybridized carbons (Fsp3) is 0.714. The lowest BCUT2D eigenvalue weighted by atomic mass is 10.1. The molecule has 1 unspecified atom stereocenters. The van der Waals surface area contributed by atoms with E-state index in [9.17, 15) is 0 Å². The minimum absolute atomic E-state index is 0.400. The molecule has 6 heteroatoms. The van der Waals surface area contributed by atoms with Gasteiger partial charge >= 0.3 is 0 Å². The Bertz CT molecular complexity index is 430. The second-order valence-electron chi connectivity index (χ2n) is 5.01. The molecule has 1 fully saturated rings. The van der Waals surface area contributed by atoms with E-state index in [0.717, 1.165) is 18.9 Å². The van der Waals surface area contributed by atoms with E-state index in [0.29, 0.717) is 30.2 Å². The zero-order valence-corrected chi connectivity index (χ0v) is 13.0. The number of ether oxygens (including phenoxy) is 1. The first kappa shape index (κ1) is 15.5. The average Bonchev–Trinajstić information content (AvgIpc) is 2.44. The van der Waals surface area contributed by atoms with E-state index in [2.05, 4.69) is 27.1 Å². The lowest BCUT2D eigenvalue weighted by molar-refractivity contribution is 0.128. The van der Waals surface area contributed by atoms with E-state index < -0.39 is 0 Å². The van der Waals surface area contributed by atoms with Crippen molar-refractivity contribution in [3.63, 3.8) is 0 Å². The molecular weight excluding hydrogens is 276 g/mol. The zero-order chi connectivity index (χ0) is 14.4. The summed E-state index contributed by atoms with van der Waals surface area (Å²) in [7, 11) is 0. The van der Waals surface area contributed by atoms with Crippen molar-refractivity contribution in [1.82, 2.24) is 14.9 Å². The monoisotopic (exact) mass is 298 g/mol. The van der Waals surface area contributed by atoms with E-state index in [1.807, 2.05) is 6.92 Å². The maximum atomic E-state index is 6.05. The van der Waals surface area contributed by atoms with Gasteiger partial charge in [0.1, 0.15) is 17.6 Å². The van der Waals surface area contributed by atoms with Crippen LogP contribution >= 0.6 is 11.6 Å². The van der Waals surface area contributed by atoms with Crippen LogP contribution < -0.4 is 5.32 Å². The third kappa shape index (κ3) is 4.58. The summed E-state index contributed by atoms with van der Waals surface area (Å²) in [6.07, 6.45) is 2.38. The number of aromatic nitrogens is 2. The Kier molecular flexibility index (Phi) is 6.01. The van der Waals surface area contributed by atoms with Crippen molar-refractivity contribution in [2.24, 2.45) is 0 Å². The highest BCUT2D eigenvalue weighted by Crippen LogP contribution is 2.17. The molecule has 1 atom stereocenters. The van der Waals surface area contributed by atoms with Crippen LogP contribution in [0.5, 0.6) is 0 Å². The number of likely N-dealkylation sites (tertiary alicyclic amines) is 1. The Balaban J connectivity index is 1.99. The van der Waals surface area contributed by atoms with E-state index >= 15 is 0 Å². The van der Waals surface area contributed by atoms with Gasteiger partial charge in [-0.1, -0.05) is 18.5 Å². The summed E-state index contributed by atoms with van der Waals surface area (Å²) in [5.74, 6) is 1.42. The number of likely N-dealkylation sites (N-methyl/N-ethyl adjacent to an activating group) is 1. The van der Waals surface area contributed by atoms with E-state index in [-0.39, 0.29) is 0 Å². The van der Waals surface area contributed by atoms with Crippen molar-refractivity contribution >= 4 is 17.4 Å². The molecule has 1 aromatic rings. The van der Waals surface area contributed by atoms with Gasteiger partial charge in [-0.15, -0.1) is 0 Å². The molecule has 1 N–H and O–H groups in total. The van der Waals surface area contributed by atoms with Crippen LogP contribution in [0.25, 0.3) is 0 Å². The number of anilines is 1. The molecule has 0 bridgehead atoms. The van der Waals surface area contributed by atoms with E-state index in [1.54, 1.807) is 6.07 Å². The lowest BCUT2D eigenvalue weighted by Gasteiger charge is -2.32. The maximum Gasteiger partial charge on any atom is 0.158 e. The van der Waals surface area contributed by atoms with Gasteiger partial charge in [0.25, 0.3) is 0 Å². The first-order valence-electron chi connectivity index (χ1n) is 7.31. The molecule has 0 aliphatic carbocycles. The van der Waals surface area contributed by atoms with Crippen molar-refractivity contribution in [3.05, 3.63) is 17.0 Å². The highest BCUT2D eigenvalue weighted by Gasteiger charge is 2.19. The van der Waals surface area contributed by atoms with Gasteiger partial charge in [0.05, 0.1) is 0 Å². The van der Waals surface area contributed by atoms with Crippen molar-refractivity contribution in [3.8, 4) is 0 Å². The van der Waals surface area contributed by atoms with Gasteiger partial charge in [-0.2, -0.15) is 0 Å². The molecule has 1 aliphatic rings. The van der Waals surface area contributed by atoms with Crippen LogP contribution in [0, 0.1) is 0 Å². The molecule has 20 heavy (non-hydrogen) atoms. The van der Waals surface area contributed by atoms with Gasteiger partial charge in [0.15, 0.2) is 5.82 Å². The van der Waals surface area contributed by atoms with Crippen LogP contribution in [0.1, 0.15) is 32.5 Å². The predicted molar refractivity (Wildman–Crippen MR) is 81.1 cm³/mol. The van der Waals surface area contributed by atoms with Crippen LogP contribution in [-0.4, -0.2) is 47.2 Å². The maximum absolute atomic E-state index is 6.05. The standard InChI is InChI=1S/C14H23ClN4O/c1-3-19-7-5-6-11(9-19)16-13-8-12(15)17-14(18-13)10-20-4-2/h8,11H,3-7,9-10H2,1-2H3,(H,16,17,18). The molecule has 0 radical (unpaired) electrons. The summed E-state index contributed by atoms with van der Waals surface area (Å²) in [5.41, 5.74) is 0. The molecule has 1 aliphatic heterocycles. The summed E-state index contributed by atoms with van der Waals surface area (Å²) in [6, 6.07) is 2.21. The number of hydrogen-bond acceptors (Lipinski definition) is 5. The van der Waals surface area contributed by atoms with Gasteiger partial charge < -0.3 is 15.0 Å². The molecule has 2 rings (SSSR count). The van der Waals surface area contributed by atoms with Gasteiger partial charge in [-0.05, 0) is 32.9 Å². The highest BCUT2D eigenvalue weighted by atomic mass is 35.5. The Hall–Kier alpha value is -0.910. The number of nitrogens with one attached hydrogen (secondary N) is 1. The molecule has 112 valence electrons. The highest BCUT2D eigenvalue weighted by molar-refractivity contribution is 6.29. The molecule has 1 saturated heterocycles. The van der Waals surface area contributed by atoms with Crippen LogP contribution in [-0.2, 0) is 11.3 Å². The van der Waals surface area contributed by atoms with Crippen molar-refractivity contribution in [2.75, 3.05) is 31.6 Å². The minimum atomic E-state index is 0.400. The summed E-state index contributed by atoms with van der Waals surface area (Å²) in [5, 5.41) is 3.93. The van der Waals surface area contributed by atoms with Crippen LogP contribution in [0.2, 0.25) is 5.15 Å². The summed E-state index contributed by atoms with van der Waals surface area (Å²) < 4.78 is 5.33. The molecule has 5 nitrogen and oxygen atoms in total. The molecule has 0 saturated carbocycles. The largest absolute Gasteiger partial charge is 0.374 e. The Morgan fingerprint density at radius 1 is 1.45 bits per heavy atom.